The van der Waals surface area contributed by atoms with Crippen LogP contribution in [0.2, 0.25) is 0 Å². The van der Waals surface area contributed by atoms with Gasteiger partial charge >= 0.3 is 0 Å². The van der Waals surface area contributed by atoms with E-state index in [4.69, 9.17) is 5.26 Å². The first kappa shape index (κ1) is 10.9. The lowest BCUT2D eigenvalue weighted by molar-refractivity contribution is 0.377. The van der Waals surface area contributed by atoms with E-state index in [0.717, 1.165) is 18.2 Å². The van der Waals surface area contributed by atoms with Gasteiger partial charge in [0.2, 0.25) is 0 Å². The number of nitrogens with zero attached hydrogens (tertiary/aromatic N) is 3. The monoisotopic (exact) mass is 215 g/mol. The summed E-state index contributed by atoms with van der Waals surface area (Å²) in [7, 11) is 0. The zero-order chi connectivity index (χ0) is 11.5. The van der Waals surface area contributed by atoms with Crippen LogP contribution in [0.25, 0.3) is 0 Å². The van der Waals surface area contributed by atoms with Crippen LogP contribution in [-0.2, 0) is 0 Å². The molecular formula is C13H17N3. The highest BCUT2D eigenvalue weighted by Crippen LogP contribution is 2.28. The maximum absolute atomic E-state index is 9.05. The summed E-state index contributed by atoms with van der Waals surface area (Å²) in [4.78, 5) is 6.43. The van der Waals surface area contributed by atoms with Crippen molar-refractivity contribution < 1.29 is 0 Å². The largest absolute Gasteiger partial charge is 0.366 e. The molecule has 0 saturated carbocycles. The van der Waals surface area contributed by atoms with Crippen molar-refractivity contribution >= 4 is 5.69 Å². The number of nitriles is 1. The van der Waals surface area contributed by atoms with Gasteiger partial charge in [0.25, 0.3) is 0 Å². The molecule has 1 aliphatic heterocycles. The fourth-order valence-corrected chi connectivity index (χ4v) is 2.48. The van der Waals surface area contributed by atoms with Crippen molar-refractivity contribution in [2.45, 2.75) is 32.7 Å². The predicted octanol–water partition coefficient (Wildman–Crippen LogP) is 2.58. The Bertz CT molecular complexity index is 408. The summed E-state index contributed by atoms with van der Waals surface area (Å²) in [5, 5.41) is 9.05. The molecule has 0 bridgehead atoms. The summed E-state index contributed by atoms with van der Waals surface area (Å²) in [5.41, 5.74) is 1.54. The Labute approximate surface area is 96.7 Å². The third-order valence-corrected chi connectivity index (χ3v) is 3.34. The van der Waals surface area contributed by atoms with Gasteiger partial charge in [-0.15, -0.1) is 0 Å². The Morgan fingerprint density at radius 1 is 1.50 bits per heavy atom. The zero-order valence-corrected chi connectivity index (χ0v) is 9.85. The first-order valence-corrected chi connectivity index (χ1v) is 5.84. The van der Waals surface area contributed by atoms with Gasteiger partial charge in [0.1, 0.15) is 6.07 Å². The molecule has 16 heavy (non-hydrogen) atoms. The van der Waals surface area contributed by atoms with E-state index in [1.54, 1.807) is 6.20 Å². The van der Waals surface area contributed by atoms with E-state index >= 15 is 0 Å². The fraction of sp³-hybridized carbons (Fsp3) is 0.538. The van der Waals surface area contributed by atoms with Crippen LogP contribution in [0, 0.1) is 17.2 Å². The second-order valence-corrected chi connectivity index (χ2v) is 4.65. The molecule has 1 fully saturated rings. The van der Waals surface area contributed by atoms with E-state index in [9.17, 15) is 0 Å². The molecule has 0 aromatic carbocycles. The second kappa shape index (κ2) is 4.52. The van der Waals surface area contributed by atoms with E-state index in [1.165, 1.54) is 12.8 Å². The summed E-state index contributed by atoms with van der Waals surface area (Å²) < 4.78 is 0. The minimum Gasteiger partial charge on any atom is -0.366 e. The lowest BCUT2D eigenvalue weighted by Gasteiger charge is -2.38. The second-order valence-electron chi connectivity index (χ2n) is 4.65. The van der Waals surface area contributed by atoms with Gasteiger partial charge in [-0.2, -0.15) is 5.26 Å². The predicted molar refractivity (Wildman–Crippen MR) is 64.2 cm³/mol. The average Bonchev–Trinajstić information content (AvgIpc) is 2.29. The quantitative estimate of drug-likeness (QED) is 0.723. The van der Waals surface area contributed by atoms with Gasteiger partial charge < -0.3 is 4.90 Å². The number of hydrogen-bond donors (Lipinski definition) is 0. The van der Waals surface area contributed by atoms with Crippen LogP contribution in [0.1, 0.15) is 32.4 Å². The maximum Gasteiger partial charge on any atom is 0.163 e. The van der Waals surface area contributed by atoms with E-state index < -0.39 is 0 Å². The van der Waals surface area contributed by atoms with Gasteiger partial charge in [0, 0.05) is 18.8 Å². The van der Waals surface area contributed by atoms with Gasteiger partial charge in [-0.1, -0.05) is 6.92 Å². The van der Waals surface area contributed by atoms with E-state index in [0.29, 0.717) is 11.7 Å². The molecule has 2 heterocycles. The van der Waals surface area contributed by atoms with Crippen LogP contribution in [0.3, 0.4) is 0 Å². The summed E-state index contributed by atoms with van der Waals surface area (Å²) in [6, 6.07) is 6.57. The lowest BCUT2D eigenvalue weighted by atomic mass is 9.93. The van der Waals surface area contributed by atoms with Crippen molar-refractivity contribution in [2.75, 3.05) is 11.4 Å². The first-order valence-electron chi connectivity index (χ1n) is 5.84. The number of aromatic nitrogens is 1. The number of piperidine rings is 1. The zero-order valence-electron chi connectivity index (χ0n) is 9.85. The molecule has 1 aromatic rings. The molecule has 0 amide bonds. The maximum atomic E-state index is 9.05. The summed E-state index contributed by atoms with van der Waals surface area (Å²) in [6.07, 6.45) is 4.07. The molecule has 0 aliphatic carbocycles. The van der Waals surface area contributed by atoms with Crippen LogP contribution in [0.5, 0.6) is 0 Å². The minimum absolute atomic E-state index is 0.500. The average molecular weight is 215 g/mol. The van der Waals surface area contributed by atoms with Gasteiger partial charge in [-0.25, -0.2) is 4.98 Å². The molecule has 84 valence electrons. The Morgan fingerprint density at radius 2 is 2.31 bits per heavy atom. The SMILES string of the molecule is CC1CCN(c2cccnc2C#N)C(C)C1. The molecule has 1 saturated heterocycles. The van der Waals surface area contributed by atoms with Crippen molar-refractivity contribution in [2.24, 2.45) is 5.92 Å². The smallest absolute Gasteiger partial charge is 0.163 e. The molecule has 2 unspecified atom stereocenters. The van der Waals surface area contributed by atoms with Crippen LogP contribution >= 0.6 is 0 Å². The molecule has 3 heteroatoms. The van der Waals surface area contributed by atoms with Crippen molar-refractivity contribution in [3.8, 4) is 6.07 Å². The Hall–Kier alpha value is -1.56. The molecule has 1 aliphatic rings. The normalized spacial score (nSPS) is 25.2. The van der Waals surface area contributed by atoms with Gasteiger partial charge in [-0.3, -0.25) is 0 Å². The number of anilines is 1. The van der Waals surface area contributed by atoms with Gasteiger partial charge in [0.15, 0.2) is 5.69 Å². The van der Waals surface area contributed by atoms with Crippen LogP contribution in [-0.4, -0.2) is 17.6 Å². The number of rotatable bonds is 1. The van der Waals surface area contributed by atoms with Crippen molar-refractivity contribution in [1.29, 1.82) is 5.26 Å². The third-order valence-electron chi connectivity index (χ3n) is 3.34. The number of pyridine rings is 1. The molecule has 0 spiro atoms. The highest BCUT2D eigenvalue weighted by atomic mass is 15.2. The van der Waals surface area contributed by atoms with Crippen molar-refractivity contribution in [1.82, 2.24) is 4.98 Å². The Kier molecular flexibility index (Phi) is 3.09. The van der Waals surface area contributed by atoms with Crippen molar-refractivity contribution in [3.05, 3.63) is 24.0 Å². The van der Waals surface area contributed by atoms with Gasteiger partial charge in [0.05, 0.1) is 5.69 Å². The molecule has 2 atom stereocenters. The first-order chi connectivity index (χ1) is 7.72. The van der Waals surface area contributed by atoms with E-state index in [2.05, 4.69) is 29.8 Å². The minimum atomic E-state index is 0.500. The molecule has 1 aromatic heterocycles. The molecule has 2 rings (SSSR count). The van der Waals surface area contributed by atoms with Gasteiger partial charge in [-0.05, 0) is 37.8 Å². The number of hydrogen-bond acceptors (Lipinski definition) is 3. The fourth-order valence-electron chi connectivity index (χ4n) is 2.48. The molecule has 3 nitrogen and oxygen atoms in total. The standard InChI is InChI=1S/C13H17N3/c1-10-5-7-16(11(2)8-10)13-4-3-6-15-12(13)9-14/h3-4,6,10-11H,5,7-8H2,1-2H3. The molecular weight excluding hydrogens is 198 g/mol. The summed E-state index contributed by atoms with van der Waals surface area (Å²) in [5.74, 6) is 0.786. The van der Waals surface area contributed by atoms with Crippen LogP contribution in [0.4, 0.5) is 5.69 Å². The lowest BCUT2D eigenvalue weighted by Crippen LogP contribution is -2.40. The molecule has 0 radical (unpaired) electrons. The highest BCUT2D eigenvalue weighted by Gasteiger charge is 2.24. The van der Waals surface area contributed by atoms with E-state index in [1.807, 2.05) is 12.1 Å². The Morgan fingerprint density at radius 3 is 3.00 bits per heavy atom. The third kappa shape index (κ3) is 2.01. The summed E-state index contributed by atoms with van der Waals surface area (Å²) in [6.45, 7) is 5.55. The topological polar surface area (TPSA) is 39.9 Å². The van der Waals surface area contributed by atoms with E-state index in [-0.39, 0.29) is 0 Å². The molecule has 0 N–H and O–H groups in total. The van der Waals surface area contributed by atoms with Crippen LogP contribution < -0.4 is 4.90 Å². The Balaban J connectivity index is 2.27. The van der Waals surface area contributed by atoms with Crippen molar-refractivity contribution in [3.63, 3.8) is 0 Å². The highest BCUT2D eigenvalue weighted by molar-refractivity contribution is 5.56. The van der Waals surface area contributed by atoms with Crippen LogP contribution in [0.15, 0.2) is 18.3 Å². The summed E-state index contributed by atoms with van der Waals surface area (Å²) >= 11 is 0.